The summed E-state index contributed by atoms with van der Waals surface area (Å²) in [7, 11) is 0. The number of hydrogen-bond acceptors (Lipinski definition) is 3. The lowest BCUT2D eigenvalue weighted by Gasteiger charge is -2.37. The molecule has 1 atom stereocenters. The zero-order valence-corrected chi connectivity index (χ0v) is 14.7. The average Bonchev–Trinajstić information content (AvgIpc) is 2.67. The van der Waals surface area contributed by atoms with Gasteiger partial charge in [0.1, 0.15) is 5.82 Å². The first-order valence-electron chi connectivity index (χ1n) is 8.79. The summed E-state index contributed by atoms with van der Waals surface area (Å²) in [5.74, 6) is -0.827. The molecule has 0 saturated carbocycles. The van der Waals surface area contributed by atoms with Crippen LogP contribution in [-0.2, 0) is 4.79 Å². The SMILES string of the molecule is CC[C@H](Oc1ccccc1F)C(=O)N1CCN(c2ccccc2F)CC1. The van der Waals surface area contributed by atoms with Crippen LogP contribution >= 0.6 is 0 Å². The molecule has 0 spiro atoms. The van der Waals surface area contributed by atoms with Crippen LogP contribution < -0.4 is 9.64 Å². The number of rotatable bonds is 5. The number of carbonyl (C=O) groups excluding carboxylic acids is 1. The molecule has 0 radical (unpaired) electrons. The molecule has 0 aliphatic carbocycles. The molecule has 4 nitrogen and oxygen atoms in total. The van der Waals surface area contributed by atoms with Gasteiger partial charge < -0.3 is 14.5 Å². The summed E-state index contributed by atoms with van der Waals surface area (Å²) in [6.45, 7) is 3.87. The van der Waals surface area contributed by atoms with Crippen molar-refractivity contribution in [3.05, 3.63) is 60.2 Å². The summed E-state index contributed by atoms with van der Waals surface area (Å²) >= 11 is 0. The number of amides is 1. The first kappa shape index (κ1) is 18.2. The van der Waals surface area contributed by atoms with E-state index in [1.807, 2.05) is 11.8 Å². The lowest BCUT2D eigenvalue weighted by atomic mass is 10.2. The minimum absolute atomic E-state index is 0.0812. The molecule has 1 aliphatic heterocycles. The van der Waals surface area contributed by atoms with Crippen LogP contribution in [0.4, 0.5) is 14.5 Å². The largest absolute Gasteiger partial charge is 0.478 e. The van der Waals surface area contributed by atoms with Crippen LogP contribution in [0, 0.1) is 11.6 Å². The Labute approximate surface area is 152 Å². The highest BCUT2D eigenvalue weighted by Gasteiger charge is 2.29. The maximum absolute atomic E-state index is 13.9. The van der Waals surface area contributed by atoms with Crippen molar-refractivity contribution in [2.24, 2.45) is 0 Å². The molecule has 0 N–H and O–H groups in total. The number of anilines is 1. The van der Waals surface area contributed by atoms with Gasteiger partial charge in [0.05, 0.1) is 5.69 Å². The van der Waals surface area contributed by atoms with Gasteiger partial charge in [-0.3, -0.25) is 4.79 Å². The van der Waals surface area contributed by atoms with Crippen molar-refractivity contribution in [1.29, 1.82) is 0 Å². The number of piperazine rings is 1. The first-order valence-corrected chi connectivity index (χ1v) is 8.79. The number of benzene rings is 2. The van der Waals surface area contributed by atoms with Gasteiger partial charge in [-0.25, -0.2) is 8.78 Å². The van der Waals surface area contributed by atoms with E-state index in [-0.39, 0.29) is 17.5 Å². The normalized spacial score (nSPS) is 15.7. The van der Waals surface area contributed by atoms with Crippen LogP contribution in [0.25, 0.3) is 0 Å². The van der Waals surface area contributed by atoms with Gasteiger partial charge in [-0.2, -0.15) is 0 Å². The fraction of sp³-hybridized carbons (Fsp3) is 0.350. The number of halogens is 2. The Morgan fingerprint density at radius 1 is 1.00 bits per heavy atom. The topological polar surface area (TPSA) is 32.8 Å². The lowest BCUT2D eigenvalue weighted by molar-refractivity contribution is -0.139. The molecule has 1 amide bonds. The summed E-state index contributed by atoms with van der Waals surface area (Å²) in [6.07, 6.45) is -0.285. The van der Waals surface area contributed by atoms with E-state index in [2.05, 4.69) is 0 Å². The Morgan fingerprint density at radius 2 is 1.62 bits per heavy atom. The predicted molar refractivity (Wildman–Crippen MR) is 96.3 cm³/mol. The fourth-order valence-corrected chi connectivity index (χ4v) is 3.08. The van der Waals surface area contributed by atoms with E-state index in [0.29, 0.717) is 38.3 Å². The molecule has 1 heterocycles. The number of carbonyl (C=O) groups is 1. The summed E-state index contributed by atoms with van der Waals surface area (Å²) in [5, 5.41) is 0. The standard InChI is InChI=1S/C20H22F2N2O2/c1-2-18(26-19-10-6-4-8-16(19)22)20(25)24-13-11-23(12-14-24)17-9-5-3-7-15(17)21/h3-10,18H,2,11-14H2,1H3/t18-/m0/s1. The number of para-hydroxylation sites is 2. The molecular weight excluding hydrogens is 338 g/mol. The highest BCUT2D eigenvalue weighted by molar-refractivity contribution is 5.81. The molecule has 1 saturated heterocycles. The zero-order chi connectivity index (χ0) is 18.5. The van der Waals surface area contributed by atoms with E-state index in [0.717, 1.165) is 0 Å². The van der Waals surface area contributed by atoms with Gasteiger partial charge in [0.25, 0.3) is 5.91 Å². The molecular formula is C20H22F2N2O2. The fourth-order valence-electron chi connectivity index (χ4n) is 3.08. The van der Waals surface area contributed by atoms with E-state index < -0.39 is 11.9 Å². The number of nitrogens with zero attached hydrogens (tertiary/aromatic N) is 2. The third kappa shape index (κ3) is 3.95. The summed E-state index contributed by atoms with van der Waals surface area (Å²) in [4.78, 5) is 16.4. The number of ether oxygens (including phenoxy) is 1. The zero-order valence-electron chi connectivity index (χ0n) is 14.7. The quantitative estimate of drug-likeness (QED) is 0.819. The van der Waals surface area contributed by atoms with Crippen molar-refractivity contribution in [1.82, 2.24) is 4.90 Å². The second kappa shape index (κ2) is 8.17. The molecule has 0 unspecified atom stereocenters. The van der Waals surface area contributed by atoms with Crippen LogP contribution in [0.15, 0.2) is 48.5 Å². The molecule has 2 aromatic carbocycles. The molecule has 3 rings (SSSR count). The summed E-state index contributed by atoms with van der Waals surface area (Å²) < 4.78 is 33.3. The van der Waals surface area contributed by atoms with Gasteiger partial charge in [0.2, 0.25) is 0 Å². The van der Waals surface area contributed by atoms with Gasteiger partial charge in [-0.1, -0.05) is 31.2 Å². The minimum atomic E-state index is -0.730. The van der Waals surface area contributed by atoms with Gasteiger partial charge in [-0.15, -0.1) is 0 Å². The Bertz CT molecular complexity index is 761. The van der Waals surface area contributed by atoms with E-state index in [4.69, 9.17) is 4.74 Å². The summed E-state index contributed by atoms with van der Waals surface area (Å²) in [6, 6.07) is 12.7. The van der Waals surface area contributed by atoms with Crippen LogP contribution in [0.5, 0.6) is 5.75 Å². The average molecular weight is 360 g/mol. The van der Waals surface area contributed by atoms with E-state index >= 15 is 0 Å². The Hall–Kier alpha value is -2.63. The molecule has 138 valence electrons. The molecule has 1 fully saturated rings. The maximum Gasteiger partial charge on any atom is 0.263 e. The predicted octanol–water partition coefficient (Wildman–Crippen LogP) is 3.47. The van der Waals surface area contributed by atoms with Crippen LogP contribution in [0.3, 0.4) is 0 Å². The second-order valence-electron chi connectivity index (χ2n) is 6.21. The van der Waals surface area contributed by atoms with Gasteiger partial charge in [0, 0.05) is 26.2 Å². The Balaban J connectivity index is 1.62. The first-order chi connectivity index (χ1) is 12.6. The highest BCUT2D eigenvalue weighted by Crippen LogP contribution is 2.22. The smallest absolute Gasteiger partial charge is 0.263 e. The van der Waals surface area contributed by atoms with Crippen LogP contribution in [0.2, 0.25) is 0 Å². The van der Waals surface area contributed by atoms with E-state index in [9.17, 15) is 13.6 Å². The number of hydrogen-bond donors (Lipinski definition) is 0. The van der Waals surface area contributed by atoms with Crippen molar-refractivity contribution in [3.8, 4) is 5.75 Å². The van der Waals surface area contributed by atoms with E-state index in [1.54, 1.807) is 35.2 Å². The minimum Gasteiger partial charge on any atom is -0.478 e. The van der Waals surface area contributed by atoms with E-state index in [1.165, 1.54) is 18.2 Å². The molecule has 6 heteroatoms. The van der Waals surface area contributed by atoms with Gasteiger partial charge in [-0.05, 0) is 30.7 Å². The van der Waals surface area contributed by atoms with Gasteiger partial charge in [0.15, 0.2) is 17.7 Å². The Kier molecular flexibility index (Phi) is 5.71. The van der Waals surface area contributed by atoms with Crippen molar-refractivity contribution < 1.29 is 18.3 Å². The monoisotopic (exact) mass is 360 g/mol. The molecule has 1 aliphatic rings. The summed E-state index contributed by atoms with van der Waals surface area (Å²) in [5.41, 5.74) is 0.550. The molecule has 0 aromatic heterocycles. The molecule has 2 aromatic rings. The maximum atomic E-state index is 13.9. The van der Waals surface area contributed by atoms with Crippen molar-refractivity contribution >= 4 is 11.6 Å². The lowest BCUT2D eigenvalue weighted by Crippen LogP contribution is -2.52. The molecule has 26 heavy (non-hydrogen) atoms. The Morgan fingerprint density at radius 3 is 2.23 bits per heavy atom. The van der Waals surface area contributed by atoms with Gasteiger partial charge >= 0.3 is 0 Å². The van der Waals surface area contributed by atoms with Crippen molar-refractivity contribution in [2.75, 3.05) is 31.1 Å². The molecule has 0 bridgehead atoms. The third-order valence-electron chi connectivity index (χ3n) is 4.54. The van der Waals surface area contributed by atoms with Crippen molar-refractivity contribution in [2.45, 2.75) is 19.4 Å². The van der Waals surface area contributed by atoms with Crippen molar-refractivity contribution in [3.63, 3.8) is 0 Å². The third-order valence-corrected chi connectivity index (χ3v) is 4.54. The van der Waals surface area contributed by atoms with Crippen LogP contribution in [0.1, 0.15) is 13.3 Å². The van der Waals surface area contributed by atoms with Crippen LogP contribution in [-0.4, -0.2) is 43.1 Å². The highest BCUT2D eigenvalue weighted by atomic mass is 19.1. The second-order valence-corrected chi connectivity index (χ2v) is 6.21.